The van der Waals surface area contributed by atoms with Crippen molar-refractivity contribution >= 4 is 0 Å². The number of allylic oxidation sites excluding steroid dienone is 2. The van der Waals surface area contributed by atoms with Crippen LogP contribution in [-0.2, 0) is 12.8 Å². The van der Waals surface area contributed by atoms with Crippen molar-refractivity contribution in [2.75, 3.05) is 0 Å². The molecule has 1 aliphatic carbocycles. The Morgan fingerprint density at radius 1 is 1.00 bits per heavy atom. The SMILES string of the molecule is CCc1ccc(CCC2CCC(CC/C=C/C#N)CC2)cc1. The van der Waals surface area contributed by atoms with E-state index in [9.17, 15) is 0 Å². The van der Waals surface area contributed by atoms with Crippen LogP contribution in [0.5, 0.6) is 0 Å². The molecule has 0 amide bonds. The Morgan fingerprint density at radius 2 is 1.59 bits per heavy atom. The Labute approximate surface area is 136 Å². The molecule has 1 heteroatoms. The zero-order valence-corrected chi connectivity index (χ0v) is 13.9. The second-order valence-electron chi connectivity index (χ2n) is 6.70. The van der Waals surface area contributed by atoms with Crippen molar-refractivity contribution in [3.8, 4) is 6.07 Å². The first-order valence-corrected chi connectivity index (χ1v) is 8.94. The molecule has 1 aliphatic rings. The summed E-state index contributed by atoms with van der Waals surface area (Å²) in [5.74, 6) is 1.82. The molecule has 0 N–H and O–H groups in total. The first-order chi connectivity index (χ1) is 10.8. The van der Waals surface area contributed by atoms with Gasteiger partial charge < -0.3 is 0 Å². The average Bonchev–Trinajstić information content (AvgIpc) is 2.58. The van der Waals surface area contributed by atoms with E-state index in [1.54, 1.807) is 6.08 Å². The molecular weight excluding hydrogens is 266 g/mol. The van der Waals surface area contributed by atoms with Crippen molar-refractivity contribution in [3.63, 3.8) is 0 Å². The molecule has 0 radical (unpaired) electrons. The van der Waals surface area contributed by atoms with E-state index in [0.29, 0.717) is 0 Å². The number of rotatable bonds is 7. The summed E-state index contributed by atoms with van der Waals surface area (Å²) < 4.78 is 0. The average molecular weight is 295 g/mol. The van der Waals surface area contributed by atoms with Crippen LogP contribution in [0.25, 0.3) is 0 Å². The van der Waals surface area contributed by atoms with E-state index in [2.05, 4.69) is 37.3 Å². The molecule has 0 aliphatic heterocycles. The summed E-state index contributed by atoms with van der Waals surface area (Å²) in [6, 6.07) is 11.3. The number of hydrogen-bond donors (Lipinski definition) is 0. The Kier molecular flexibility index (Phi) is 7.23. The van der Waals surface area contributed by atoms with Crippen LogP contribution in [0.1, 0.15) is 63.0 Å². The number of nitrogens with zero attached hydrogens (tertiary/aromatic N) is 1. The lowest BCUT2D eigenvalue weighted by Gasteiger charge is -2.28. The zero-order valence-electron chi connectivity index (χ0n) is 13.9. The molecule has 1 aromatic carbocycles. The molecule has 0 atom stereocenters. The summed E-state index contributed by atoms with van der Waals surface area (Å²) >= 11 is 0. The van der Waals surface area contributed by atoms with Crippen LogP contribution in [0.4, 0.5) is 0 Å². The number of hydrogen-bond acceptors (Lipinski definition) is 1. The summed E-state index contributed by atoms with van der Waals surface area (Å²) in [6.07, 6.45) is 15.3. The quantitative estimate of drug-likeness (QED) is 0.579. The Bertz CT molecular complexity index is 484. The van der Waals surface area contributed by atoms with Crippen LogP contribution < -0.4 is 0 Å². The predicted octanol–water partition coefficient (Wildman–Crippen LogP) is 5.85. The summed E-state index contributed by atoms with van der Waals surface area (Å²) in [4.78, 5) is 0. The molecule has 0 unspecified atom stereocenters. The van der Waals surface area contributed by atoms with Crippen LogP contribution in [0, 0.1) is 23.2 Å². The van der Waals surface area contributed by atoms with Crippen LogP contribution in [0.2, 0.25) is 0 Å². The highest BCUT2D eigenvalue weighted by Crippen LogP contribution is 2.34. The molecule has 2 rings (SSSR count). The Balaban J connectivity index is 1.64. The molecule has 0 heterocycles. The number of aryl methyl sites for hydroxylation is 2. The molecule has 0 saturated heterocycles. The topological polar surface area (TPSA) is 23.8 Å². The number of benzene rings is 1. The maximum atomic E-state index is 8.48. The zero-order chi connectivity index (χ0) is 15.6. The van der Waals surface area contributed by atoms with Gasteiger partial charge in [0, 0.05) is 6.08 Å². The standard InChI is InChI=1S/C21H29N/c1-2-18-7-9-20(10-8-18)15-16-21-13-11-19(12-14-21)6-4-3-5-17-22/h3,5,7-10,19,21H,2,4,6,11-16H2,1H3/b5-3+. The minimum absolute atomic E-state index is 0.892. The van der Waals surface area contributed by atoms with Gasteiger partial charge in [-0.2, -0.15) is 5.26 Å². The number of nitriles is 1. The maximum absolute atomic E-state index is 8.48. The molecule has 118 valence electrons. The van der Waals surface area contributed by atoms with Gasteiger partial charge in [-0.3, -0.25) is 0 Å². The van der Waals surface area contributed by atoms with Gasteiger partial charge in [0.1, 0.15) is 0 Å². The van der Waals surface area contributed by atoms with E-state index >= 15 is 0 Å². The molecule has 1 saturated carbocycles. The van der Waals surface area contributed by atoms with Crippen LogP contribution >= 0.6 is 0 Å². The minimum atomic E-state index is 0.892. The van der Waals surface area contributed by atoms with Crippen molar-refractivity contribution < 1.29 is 0 Å². The molecule has 22 heavy (non-hydrogen) atoms. The Hall–Kier alpha value is -1.55. The molecule has 1 aromatic rings. The van der Waals surface area contributed by atoms with E-state index in [1.807, 2.05) is 6.08 Å². The fourth-order valence-corrected chi connectivity index (χ4v) is 3.59. The van der Waals surface area contributed by atoms with Crippen molar-refractivity contribution in [3.05, 3.63) is 47.5 Å². The summed E-state index contributed by atoms with van der Waals surface area (Å²) in [5.41, 5.74) is 2.94. The largest absolute Gasteiger partial charge is 0.193 e. The molecule has 0 spiro atoms. The second kappa shape index (κ2) is 9.46. The third-order valence-corrected chi connectivity index (χ3v) is 5.17. The van der Waals surface area contributed by atoms with Crippen LogP contribution in [0.15, 0.2) is 36.4 Å². The molecule has 0 aromatic heterocycles. The monoisotopic (exact) mass is 295 g/mol. The van der Waals surface area contributed by atoms with Gasteiger partial charge in [-0.05, 0) is 55.1 Å². The third-order valence-electron chi connectivity index (χ3n) is 5.17. The molecule has 0 bridgehead atoms. The van der Waals surface area contributed by atoms with E-state index in [1.165, 1.54) is 56.1 Å². The van der Waals surface area contributed by atoms with E-state index < -0.39 is 0 Å². The van der Waals surface area contributed by atoms with Gasteiger partial charge in [0.15, 0.2) is 0 Å². The van der Waals surface area contributed by atoms with Gasteiger partial charge >= 0.3 is 0 Å². The fourth-order valence-electron chi connectivity index (χ4n) is 3.59. The van der Waals surface area contributed by atoms with Crippen molar-refractivity contribution in [2.24, 2.45) is 11.8 Å². The summed E-state index contributed by atoms with van der Waals surface area (Å²) in [6.45, 7) is 2.21. The van der Waals surface area contributed by atoms with Crippen LogP contribution in [0.3, 0.4) is 0 Å². The van der Waals surface area contributed by atoms with Gasteiger partial charge in [0.2, 0.25) is 0 Å². The van der Waals surface area contributed by atoms with E-state index in [0.717, 1.165) is 24.7 Å². The third kappa shape index (κ3) is 5.68. The maximum Gasteiger partial charge on any atom is 0.0908 e. The fraction of sp³-hybridized carbons (Fsp3) is 0.571. The van der Waals surface area contributed by atoms with E-state index in [-0.39, 0.29) is 0 Å². The van der Waals surface area contributed by atoms with Gasteiger partial charge in [-0.25, -0.2) is 0 Å². The highest BCUT2D eigenvalue weighted by Gasteiger charge is 2.20. The summed E-state index contributed by atoms with van der Waals surface area (Å²) in [7, 11) is 0. The van der Waals surface area contributed by atoms with Crippen LogP contribution in [-0.4, -0.2) is 0 Å². The van der Waals surface area contributed by atoms with Gasteiger partial charge in [0.05, 0.1) is 6.07 Å². The second-order valence-corrected chi connectivity index (χ2v) is 6.70. The molecule has 1 nitrogen and oxygen atoms in total. The smallest absolute Gasteiger partial charge is 0.0908 e. The first-order valence-electron chi connectivity index (χ1n) is 8.94. The van der Waals surface area contributed by atoms with Crippen molar-refractivity contribution in [1.29, 1.82) is 5.26 Å². The molecular formula is C21H29N. The first kappa shape index (κ1) is 16.8. The Morgan fingerprint density at radius 3 is 2.18 bits per heavy atom. The minimum Gasteiger partial charge on any atom is -0.193 e. The lowest BCUT2D eigenvalue weighted by molar-refractivity contribution is 0.254. The summed E-state index contributed by atoms with van der Waals surface area (Å²) in [5, 5.41) is 8.48. The molecule has 1 fully saturated rings. The van der Waals surface area contributed by atoms with Gasteiger partial charge in [0.25, 0.3) is 0 Å². The normalized spacial score (nSPS) is 21.8. The van der Waals surface area contributed by atoms with E-state index in [4.69, 9.17) is 5.26 Å². The van der Waals surface area contributed by atoms with Gasteiger partial charge in [-0.1, -0.05) is 62.9 Å². The predicted molar refractivity (Wildman–Crippen MR) is 93.6 cm³/mol. The van der Waals surface area contributed by atoms with Crippen molar-refractivity contribution in [1.82, 2.24) is 0 Å². The van der Waals surface area contributed by atoms with Gasteiger partial charge in [-0.15, -0.1) is 0 Å². The van der Waals surface area contributed by atoms with Crippen molar-refractivity contribution in [2.45, 2.75) is 64.7 Å². The highest BCUT2D eigenvalue weighted by atomic mass is 14.3. The lowest BCUT2D eigenvalue weighted by atomic mass is 9.78. The lowest BCUT2D eigenvalue weighted by Crippen LogP contribution is -2.15. The highest BCUT2D eigenvalue weighted by molar-refractivity contribution is 5.22.